The summed E-state index contributed by atoms with van der Waals surface area (Å²) in [5.41, 5.74) is 2.08. The van der Waals surface area contributed by atoms with Gasteiger partial charge in [0.25, 0.3) is 0 Å². The van der Waals surface area contributed by atoms with E-state index in [1.165, 1.54) is 12.1 Å². The molecule has 2 aromatic carbocycles. The summed E-state index contributed by atoms with van der Waals surface area (Å²) < 4.78 is 30.0. The van der Waals surface area contributed by atoms with Crippen LogP contribution in [0.5, 0.6) is 5.75 Å². The minimum absolute atomic E-state index is 0.0971. The fraction of sp³-hybridized carbons (Fsp3) is 0.458. The molecule has 32 heavy (non-hydrogen) atoms. The number of halogens is 1. The SMILES string of the molecule is CN=C(NCCOCc1ccccc1OC)NCC(c1ccc(F)cc1)N1CCOCC1. The lowest BCUT2D eigenvalue weighted by Crippen LogP contribution is -2.46. The predicted molar refractivity (Wildman–Crippen MR) is 124 cm³/mol. The molecule has 3 rings (SSSR count). The molecule has 7 nitrogen and oxygen atoms in total. The summed E-state index contributed by atoms with van der Waals surface area (Å²) in [7, 11) is 3.40. The Kier molecular flexibility index (Phi) is 9.74. The van der Waals surface area contributed by atoms with E-state index in [1.54, 1.807) is 14.2 Å². The van der Waals surface area contributed by atoms with Gasteiger partial charge in [0.1, 0.15) is 11.6 Å². The van der Waals surface area contributed by atoms with Crippen molar-refractivity contribution in [1.29, 1.82) is 0 Å². The van der Waals surface area contributed by atoms with Crippen molar-refractivity contribution in [3.63, 3.8) is 0 Å². The van der Waals surface area contributed by atoms with E-state index in [4.69, 9.17) is 14.2 Å². The van der Waals surface area contributed by atoms with E-state index >= 15 is 0 Å². The van der Waals surface area contributed by atoms with Gasteiger partial charge >= 0.3 is 0 Å². The molecule has 1 aliphatic heterocycles. The third-order valence-electron chi connectivity index (χ3n) is 5.42. The number of nitrogens with zero attached hydrogens (tertiary/aromatic N) is 2. The van der Waals surface area contributed by atoms with E-state index in [9.17, 15) is 4.39 Å². The monoisotopic (exact) mass is 444 g/mol. The van der Waals surface area contributed by atoms with Crippen molar-refractivity contribution in [2.24, 2.45) is 4.99 Å². The molecular formula is C24H33FN4O3. The van der Waals surface area contributed by atoms with E-state index < -0.39 is 0 Å². The molecular weight excluding hydrogens is 411 g/mol. The van der Waals surface area contributed by atoms with Crippen LogP contribution < -0.4 is 15.4 Å². The van der Waals surface area contributed by atoms with Crippen LogP contribution in [-0.2, 0) is 16.1 Å². The maximum Gasteiger partial charge on any atom is 0.191 e. The summed E-state index contributed by atoms with van der Waals surface area (Å²) in [5.74, 6) is 1.30. The van der Waals surface area contributed by atoms with Crippen molar-refractivity contribution in [3.05, 3.63) is 65.5 Å². The van der Waals surface area contributed by atoms with Crippen LogP contribution in [0, 0.1) is 5.82 Å². The standard InChI is InChI=1S/C24H33FN4O3/c1-26-24(27-11-14-32-18-20-5-3-4-6-23(20)30-2)28-17-22(29-12-15-31-16-13-29)19-7-9-21(25)10-8-19/h3-10,22H,11-18H2,1-2H3,(H2,26,27,28). The number of morpholine rings is 1. The molecule has 0 amide bonds. The van der Waals surface area contributed by atoms with Crippen LogP contribution in [-0.4, -0.2) is 71.0 Å². The molecule has 1 saturated heterocycles. The minimum Gasteiger partial charge on any atom is -0.496 e. The van der Waals surface area contributed by atoms with Crippen molar-refractivity contribution < 1.29 is 18.6 Å². The molecule has 2 aromatic rings. The smallest absolute Gasteiger partial charge is 0.191 e. The quantitative estimate of drug-likeness (QED) is 0.334. The summed E-state index contributed by atoms with van der Waals surface area (Å²) in [6.07, 6.45) is 0. The molecule has 174 valence electrons. The Labute approximate surface area is 189 Å². The second-order valence-electron chi connectivity index (χ2n) is 7.46. The fourth-order valence-electron chi connectivity index (χ4n) is 3.69. The van der Waals surface area contributed by atoms with Crippen LogP contribution in [0.3, 0.4) is 0 Å². The first-order valence-electron chi connectivity index (χ1n) is 10.9. The Morgan fingerprint density at radius 1 is 1.12 bits per heavy atom. The van der Waals surface area contributed by atoms with Gasteiger partial charge in [-0.1, -0.05) is 30.3 Å². The van der Waals surface area contributed by atoms with E-state index in [0.717, 1.165) is 30.0 Å². The fourth-order valence-corrected chi connectivity index (χ4v) is 3.69. The first-order chi connectivity index (χ1) is 15.7. The number of nitrogens with one attached hydrogen (secondary N) is 2. The molecule has 1 atom stereocenters. The zero-order chi connectivity index (χ0) is 22.6. The van der Waals surface area contributed by atoms with Crippen molar-refractivity contribution in [2.45, 2.75) is 12.6 Å². The highest BCUT2D eigenvalue weighted by molar-refractivity contribution is 5.79. The van der Waals surface area contributed by atoms with Gasteiger partial charge in [-0.2, -0.15) is 0 Å². The Balaban J connectivity index is 1.47. The number of para-hydroxylation sites is 1. The number of guanidine groups is 1. The highest BCUT2D eigenvalue weighted by Crippen LogP contribution is 2.22. The largest absolute Gasteiger partial charge is 0.496 e. The molecule has 1 heterocycles. The lowest BCUT2D eigenvalue weighted by atomic mass is 10.0. The molecule has 0 aromatic heterocycles. The van der Waals surface area contributed by atoms with Crippen LogP contribution in [0.4, 0.5) is 4.39 Å². The Hall–Kier alpha value is -2.68. The maximum atomic E-state index is 13.4. The van der Waals surface area contributed by atoms with Gasteiger partial charge in [0.15, 0.2) is 5.96 Å². The zero-order valence-corrected chi connectivity index (χ0v) is 18.9. The average Bonchev–Trinajstić information content (AvgIpc) is 2.84. The van der Waals surface area contributed by atoms with Gasteiger partial charge in [0.05, 0.1) is 39.6 Å². The molecule has 2 N–H and O–H groups in total. The Morgan fingerprint density at radius 3 is 2.59 bits per heavy atom. The van der Waals surface area contributed by atoms with Crippen LogP contribution in [0.15, 0.2) is 53.5 Å². The molecule has 1 fully saturated rings. The first-order valence-corrected chi connectivity index (χ1v) is 10.9. The van der Waals surface area contributed by atoms with Crippen molar-refractivity contribution >= 4 is 5.96 Å². The lowest BCUT2D eigenvalue weighted by Gasteiger charge is -2.35. The minimum atomic E-state index is -0.229. The van der Waals surface area contributed by atoms with Crippen molar-refractivity contribution in [2.75, 3.05) is 60.2 Å². The highest BCUT2D eigenvalue weighted by Gasteiger charge is 2.23. The lowest BCUT2D eigenvalue weighted by molar-refractivity contribution is 0.0169. The predicted octanol–water partition coefficient (Wildman–Crippen LogP) is 2.59. The summed E-state index contributed by atoms with van der Waals surface area (Å²) in [5, 5.41) is 6.68. The van der Waals surface area contributed by atoms with E-state index in [-0.39, 0.29) is 11.9 Å². The number of hydrogen-bond donors (Lipinski definition) is 2. The average molecular weight is 445 g/mol. The van der Waals surface area contributed by atoms with Gasteiger partial charge < -0.3 is 24.8 Å². The number of ether oxygens (including phenoxy) is 3. The molecule has 8 heteroatoms. The Bertz CT molecular complexity index is 841. The number of rotatable bonds is 10. The molecule has 0 aliphatic carbocycles. The van der Waals surface area contributed by atoms with Crippen LogP contribution in [0.25, 0.3) is 0 Å². The first kappa shape index (κ1) is 24.0. The van der Waals surface area contributed by atoms with E-state index in [0.29, 0.717) is 45.5 Å². The topological polar surface area (TPSA) is 67.4 Å². The summed E-state index contributed by atoms with van der Waals surface area (Å²) in [6, 6.07) is 14.6. The second kappa shape index (κ2) is 13.0. The molecule has 0 radical (unpaired) electrons. The summed E-state index contributed by atoms with van der Waals surface area (Å²) in [4.78, 5) is 6.67. The molecule has 0 bridgehead atoms. The molecule has 1 aliphatic rings. The van der Waals surface area contributed by atoms with Gasteiger partial charge in [-0.15, -0.1) is 0 Å². The highest BCUT2D eigenvalue weighted by atomic mass is 19.1. The summed E-state index contributed by atoms with van der Waals surface area (Å²) in [6.45, 7) is 5.37. The van der Waals surface area contributed by atoms with Crippen LogP contribution in [0.1, 0.15) is 17.2 Å². The molecule has 0 spiro atoms. The van der Waals surface area contributed by atoms with Gasteiger partial charge in [-0.3, -0.25) is 9.89 Å². The normalized spacial score (nSPS) is 15.9. The van der Waals surface area contributed by atoms with Gasteiger partial charge in [0, 0.05) is 38.8 Å². The number of aliphatic imine (C=N–C) groups is 1. The zero-order valence-electron chi connectivity index (χ0n) is 18.9. The molecule has 1 unspecified atom stereocenters. The van der Waals surface area contributed by atoms with Crippen LogP contribution in [0.2, 0.25) is 0 Å². The van der Waals surface area contributed by atoms with E-state index in [2.05, 4.69) is 20.5 Å². The number of benzene rings is 2. The van der Waals surface area contributed by atoms with E-state index in [1.807, 2.05) is 36.4 Å². The molecule has 0 saturated carbocycles. The number of hydrogen-bond acceptors (Lipinski definition) is 5. The maximum absolute atomic E-state index is 13.4. The van der Waals surface area contributed by atoms with Gasteiger partial charge in [-0.25, -0.2) is 4.39 Å². The third-order valence-corrected chi connectivity index (χ3v) is 5.42. The van der Waals surface area contributed by atoms with Gasteiger partial charge in [-0.05, 0) is 23.8 Å². The van der Waals surface area contributed by atoms with Crippen molar-refractivity contribution in [3.8, 4) is 5.75 Å². The van der Waals surface area contributed by atoms with Gasteiger partial charge in [0.2, 0.25) is 0 Å². The third kappa shape index (κ3) is 7.19. The van der Waals surface area contributed by atoms with Crippen LogP contribution >= 0.6 is 0 Å². The Morgan fingerprint density at radius 2 is 1.88 bits per heavy atom. The van der Waals surface area contributed by atoms with Crippen molar-refractivity contribution in [1.82, 2.24) is 15.5 Å². The number of methoxy groups -OCH3 is 1. The second-order valence-corrected chi connectivity index (χ2v) is 7.46. The summed E-state index contributed by atoms with van der Waals surface area (Å²) >= 11 is 0.